The van der Waals surface area contributed by atoms with E-state index in [1.807, 2.05) is 0 Å². The van der Waals surface area contributed by atoms with Gasteiger partial charge in [0.2, 0.25) is 0 Å². The summed E-state index contributed by atoms with van der Waals surface area (Å²) in [7, 11) is 0. The molecule has 1 aromatic carbocycles. The molecule has 0 atom stereocenters. The van der Waals surface area contributed by atoms with Gasteiger partial charge < -0.3 is 14.9 Å². The summed E-state index contributed by atoms with van der Waals surface area (Å²) >= 11 is 3.19. The minimum atomic E-state index is -1.01. The second-order valence-corrected chi connectivity index (χ2v) is 6.05. The standard InChI is InChI=1S/C14H16BrFO4/c15-11-7-10(16)1-2-12(11)20-8-14(19)5-3-9(4-6-14)13(17)18/h1-2,7,9,19H,3-6,8H2,(H,17,18). The van der Waals surface area contributed by atoms with Crippen molar-refractivity contribution in [2.45, 2.75) is 31.3 Å². The lowest BCUT2D eigenvalue weighted by molar-refractivity contribution is -0.145. The summed E-state index contributed by atoms with van der Waals surface area (Å²) in [5.74, 6) is -1.10. The molecular weight excluding hydrogens is 331 g/mol. The molecule has 2 N–H and O–H groups in total. The first kappa shape index (κ1) is 15.3. The molecule has 0 saturated heterocycles. The molecule has 0 aliphatic heterocycles. The van der Waals surface area contributed by atoms with E-state index in [1.165, 1.54) is 18.2 Å². The molecule has 0 heterocycles. The Kier molecular flexibility index (Phi) is 4.65. The predicted octanol–water partition coefficient (Wildman–Crippen LogP) is 2.97. The molecule has 110 valence electrons. The Hall–Kier alpha value is -1.14. The molecule has 4 nitrogen and oxygen atoms in total. The van der Waals surface area contributed by atoms with E-state index in [0.717, 1.165) is 0 Å². The van der Waals surface area contributed by atoms with Gasteiger partial charge in [0.25, 0.3) is 0 Å². The molecule has 6 heteroatoms. The topological polar surface area (TPSA) is 66.8 Å². The van der Waals surface area contributed by atoms with Crippen LogP contribution in [0.2, 0.25) is 0 Å². The summed E-state index contributed by atoms with van der Waals surface area (Å²) in [6.07, 6.45) is 1.67. The summed E-state index contributed by atoms with van der Waals surface area (Å²) in [6.45, 7) is 0.0730. The Balaban J connectivity index is 1.92. The normalized spacial score (nSPS) is 26.2. The quantitative estimate of drug-likeness (QED) is 0.879. The van der Waals surface area contributed by atoms with Crippen molar-refractivity contribution in [3.05, 3.63) is 28.5 Å². The van der Waals surface area contributed by atoms with Gasteiger partial charge in [-0.2, -0.15) is 0 Å². The highest BCUT2D eigenvalue weighted by atomic mass is 79.9. The van der Waals surface area contributed by atoms with E-state index >= 15 is 0 Å². The SMILES string of the molecule is O=C(O)C1CCC(O)(COc2ccc(F)cc2Br)CC1. The lowest BCUT2D eigenvalue weighted by atomic mass is 9.79. The Labute approximate surface area is 124 Å². The minimum absolute atomic E-state index is 0.0730. The van der Waals surface area contributed by atoms with Crippen LogP contribution in [0.15, 0.2) is 22.7 Å². The maximum absolute atomic E-state index is 12.9. The van der Waals surface area contributed by atoms with Gasteiger partial charge in [-0.1, -0.05) is 0 Å². The fourth-order valence-corrected chi connectivity index (χ4v) is 2.82. The summed E-state index contributed by atoms with van der Waals surface area (Å²) in [5.41, 5.74) is -1.01. The number of hydrogen-bond acceptors (Lipinski definition) is 3. The maximum atomic E-state index is 12.9. The molecule has 1 fully saturated rings. The van der Waals surface area contributed by atoms with Crippen molar-refractivity contribution < 1.29 is 24.1 Å². The van der Waals surface area contributed by atoms with Crippen molar-refractivity contribution >= 4 is 21.9 Å². The van der Waals surface area contributed by atoms with Gasteiger partial charge in [0.05, 0.1) is 16.0 Å². The number of carbonyl (C=O) groups is 1. The Morgan fingerprint density at radius 3 is 2.65 bits per heavy atom. The molecular formula is C14H16BrFO4. The van der Waals surface area contributed by atoms with E-state index in [-0.39, 0.29) is 18.3 Å². The predicted molar refractivity (Wildman–Crippen MR) is 74.1 cm³/mol. The number of aliphatic hydroxyl groups is 1. The lowest BCUT2D eigenvalue weighted by Gasteiger charge is -2.34. The Bertz CT molecular complexity index is 498. The van der Waals surface area contributed by atoms with Crippen LogP contribution in [0.5, 0.6) is 5.75 Å². The van der Waals surface area contributed by atoms with E-state index in [9.17, 15) is 14.3 Å². The van der Waals surface area contributed by atoms with Gasteiger partial charge in [-0.05, 0) is 59.8 Å². The molecule has 0 unspecified atom stereocenters. The average molecular weight is 347 g/mol. The zero-order valence-corrected chi connectivity index (χ0v) is 12.4. The van der Waals surface area contributed by atoms with Crippen molar-refractivity contribution in [2.75, 3.05) is 6.61 Å². The molecule has 2 rings (SSSR count). The van der Waals surface area contributed by atoms with Gasteiger partial charge in [-0.25, -0.2) is 4.39 Å². The Morgan fingerprint density at radius 1 is 1.45 bits per heavy atom. The molecule has 1 aliphatic carbocycles. The first-order chi connectivity index (χ1) is 9.39. The molecule has 0 radical (unpaired) electrons. The van der Waals surface area contributed by atoms with Crippen molar-refractivity contribution in [1.29, 1.82) is 0 Å². The Morgan fingerprint density at radius 2 is 2.10 bits per heavy atom. The van der Waals surface area contributed by atoms with Crippen LogP contribution in [0.25, 0.3) is 0 Å². The maximum Gasteiger partial charge on any atom is 0.306 e. The molecule has 0 amide bonds. The second kappa shape index (κ2) is 6.10. The van der Waals surface area contributed by atoms with Gasteiger partial charge in [0.15, 0.2) is 0 Å². The van der Waals surface area contributed by atoms with E-state index in [2.05, 4.69) is 15.9 Å². The fourth-order valence-electron chi connectivity index (χ4n) is 2.35. The largest absolute Gasteiger partial charge is 0.489 e. The number of carboxylic acid groups (broad SMARTS) is 1. The first-order valence-corrected chi connectivity index (χ1v) is 7.22. The number of hydrogen-bond donors (Lipinski definition) is 2. The average Bonchev–Trinajstić information content (AvgIpc) is 2.38. The van der Waals surface area contributed by atoms with Gasteiger partial charge >= 0.3 is 5.97 Å². The van der Waals surface area contributed by atoms with Crippen molar-refractivity contribution in [3.8, 4) is 5.75 Å². The van der Waals surface area contributed by atoms with Crippen LogP contribution in [-0.2, 0) is 4.79 Å². The summed E-state index contributed by atoms with van der Waals surface area (Å²) in [5, 5.41) is 19.3. The molecule has 20 heavy (non-hydrogen) atoms. The zero-order chi connectivity index (χ0) is 14.8. The third-order valence-corrected chi connectivity index (χ3v) is 4.28. The lowest BCUT2D eigenvalue weighted by Crippen LogP contribution is -2.41. The smallest absolute Gasteiger partial charge is 0.306 e. The van der Waals surface area contributed by atoms with Crippen molar-refractivity contribution in [2.24, 2.45) is 5.92 Å². The van der Waals surface area contributed by atoms with E-state index < -0.39 is 11.6 Å². The molecule has 1 saturated carbocycles. The zero-order valence-electron chi connectivity index (χ0n) is 10.8. The van der Waals surface area contributed by atoms with E-state index in [1.54, 1.807) is 0 Å². The van der Waals surface area contributed by atoms with E-state index in [0.29, 0.717) is 35.9 Å². The number of carboxylic acids is 1. The summed E-state index contributed by atoms with van der Waals surface area (Å²) in [4.78, 5) is 10.9. The van der Waals surface area contributed by atoms with Gasteiger partial charge in [-0.15, -0.1) is 0 Å². The number of halogens is 2. The minimum Gasteiger partial charge on any atom is -0.489 e. The van der Waals surface area contributed by atoms with Crippen molar-refractivity contribution in [1.82, 2.24) is 0 Å². The van der Waals surface area contributed by atoms with Crippen LogP contribution < -0.4 is 4.74 Å². The van der Waals surface area contributed by atoms with Gasteiger partial charge in [-0.3, -0.25) is 4.79 Å². The number of ether oxygens (including phenoxy) is 1. The van der Waals surface area contributed by atoms with Crippen LogP contribution in [0.3, 0.4) is 0 Å². The highest BCUT2D eigenvalue weighted by Gasteiger charge is 2.36. The highest BCUT2D eigenvalue weighted by Crippen LogP contribution is 2.34. The van der Waals surface area contributed by atoms with Crippen LogP contribution in [0.1, 0.15) is 25.7 Å². The molecule has 1 aliphatic rings. The third-order valence-electron chi connectivity index (χ3n) is 3.66. The van der Waals surface area contributed by atoms with Gasteiger partial charge in [0.1, 0.15) is 18.2 Å². The third kappa shape index (κ3) is 3.70. The summed E-state index contributed by atoms with van der Waals surface area (Å²) < 4.78 is 19.0. The van der Waals surface area contributed by atoms with E-state index in [4.69, 9.17) is 9.84 Å². The molecule has 0 bridgehead atoms. The van der Waals surface area contributed by atoms with Crippen molar-refractivity contribution in [3.63, 3.8) is 0 Å². The molecule has 0 spiro atoms. The number of rotatable bonds is 4. The summed E-state index contributed by atoms with van der Waals surface area (Å²) in [6, 6.07) is 4.07. The monoisotopic (exact) mass is 346 g/mol. The van der Waals surface area contributed by atoms with Gasteiger partial charge in [0, 0.05) is 0 Å². The molecule has 0 aromatic heterocycles. The first-order valence-electron chi connectivity index (χ1n) is 6.43. The molecule has 1 aromatic rings. The fraction of sp³-hybridized carbons (Fsp3) is 0.500. The number of benzene rings is 1. The second-order valence-electron chi connectivity index (χ2n) is 5.20. The van der Waals surface area contributed by atoms with Crippen LogP contribution in [0, 0.1) is 11.7 Å². The van der Waals surface area contributed by atoms with Crippen LogP contribution in [0.4, 0.5) is 4.39 Å². The van der Waals surface area contributed by atoms with Crippen LogP contribution in [-0.4, -0.2) is 28.4 Å². The van der Waals surface area contributed by atoms with Crippen LogP contribution >= 0.6 is 15.9 Å². The number of aliphatic carboxylic acids is 1. The highest BCUT2D eigenvalue weighted by molar-refractivity contribution is 9.10.